The van der Waals surface area contributed by atoms with Gasteiger partial charge in [0.1, 0.15) is 5.82 Å². The number of fused-ring (bicyclic) bond motifs is 1. The van der Waals surface area contributed by atoms with E-state index in [1.54, 1.807) is 12.3 Å². The van der Waals surface area contributed by atoms with Crippen molar-refractivity contribution < 1.29 is 9.59 Å². The lowest BCUT2D eigenvalue weighted by atomic mass is 9.91. The third-order valence-corrected chi connectivity index (χ3v) is 3.80. The Labute approximate surface area is 105 Å². The number of hydrogen-bond donors (Lipinski definition) is 1. The van der Waals surface area contributed by atoms with Crippen molar-refractivity contribution in [3.8, 4) is 0 Å². The van der Waals surface area contributed by atoms with Gasteiger partial charge in [0.15, 0.2) is 6.29 Å². The van der Waals surface area contributed by atoms with Crippen molar-refractivity contribution in [2.24, 2.45) is 5.92 Å². The fourth-order valence-electron chi connectivity index (χ4n) is 2.87. The average molecular weight is 245 g/mol. The summed E-state index contributed by atoms with van der Waals surface area (Å²) >= 11 is 0. The Balaban J connectivity index is 1.86. The van der Waals surface area contributed by atoms with E-state index in [4.69, 9.17) is 0 Å². The molecule has 0 spiro atoms. The van der Waals surface area contributed by atoms with E-state index in [1.165, 1.54) is 0 Å². The van der Waals surface area contributed by atoms with Gasteiger partial charge in [-0.15, -0.1) is 0 Å². The van der Waals surface area contributed by atoms with Crippen LogP contribution < -0.4 is 10.2 Å². The SMILES string of the molecule is O=Cc1ccc(N2CCCC3C(=O)NCC32)nc1. The van der Waals surface area contributed by atoms with Gasteiger partial charge in [0.05, 0.1) is 12.0 Å². The van der Waals surface area contributed by atoms with Crippen LogP contribution in [-0.4, -0.2) is 36.3 Å². The Hall–Kier alpha value is -1.91. The predicted molar refractivity (Wildman–Crippen MR) is 66.5 cm³/mol. The second-order valence-corrected chi connectivity index (χ2v) is 4.82. The van der Waals surface area contributed by atoms with Crippen molar-refractivity contribution in [2.75, 3.05) is 18.0 Å². The summed E-state index contributed by atoms with van der Waals surface area (Å²) in [5.74, 6) is 1.10. The average Bonchev–Trinajstić information content (AvgIpc) is 2.81. The lowest BCUT2D eigenvalue weighted by molar-refractivity contribution is -0.123. The Morgan fingerprint density at radius 1 is 1.44 bits per heavy atom. The van der Waals surface area contributed by atoms with Crippen LogP contribution in [-0.2, 0) is 4.79 Å². The molecule has 3 rings (SSSR count). The maximum atomic E-state index is 11.7. The number of hydrogen-bond acceptors (Lipinski definition) is 4. The molecule has 94 valence electrons. The van der Waals surface area contributed by atoms with E-state index in [0.29, 0.717) is 12.1 Å². The maximum absolute atomic E-state index is 11.7. The molecule has 3 heterocycles. The lowest BCUT2D eigenvalue weighted by Gasteiger charge is -2.36. The molecule has 2 aliphatic heterocycles. The van der Waals surface area contributed by atoms with Crippen molar-refractivity contribution in [1.82, 2.24) is 10.3 Å². The van der Waals surface area contributed by atoms with Crippen LogP contribution in [0, 0.1) is 5.92 Å². The van der Waals surface area contributed by atoms with Crippen LogP contribution in [0.1, 0.15) is 23.2 Å². The number of rotatable bonds is 2. The molecule has 2 aliphatic rings. The van der Waals surface area contributed by atoms with Gasteiger partial charge in [-0.2, -0.15) is 0 Å². The summed E-state index contributed by atoms with van der Waals surface area (Å²) in [6.45, 7) is 1.62. The minimum absolute atomic E-state index is 0.0892. The van der Waals surface area contributed by atoms with Crippen LogP contribution in [0.3, 0.4) is 0 Å². The fourth-order valence-corrected chi connectivity index (χ4v) is 2.87. The zero-order chi connectivity index (χ0) is 12.5. The molecule has 2 unspecified atom stereocenters. The van der Waals surface area contributed by atoms with Gasteiger partial charge in [-0.1, -0.05) is 0 Å². The monoisotopic (exact) mass is 245 g/mol. The van der Waals surface area contributed by atoms with Crippen LogP contribution >= 0.6 is 0 Å². The number of aldehydes is 1. The summed E-state index contributed by atoms with van der Waals surface area (Å²) in [6, 6.07) is 3.83. The van der Waals surface area contributed by atoms with Crippen molar-refractivity contribution in [2.45, 2.75) is 18.9 Å². The summed E-state index contributed by atoms with van der Waals surface area (Å²) in [6.07, 6.45) is 4.33. The van der Waals surface area contributed by atoms with E-state index >= 15 is 0 Å². The third-order valence-electron chi connectivity index (χ3n) is 3.80. The first-order valence-electron chi connectivity index (χ1n) is 6.25. The van der Waals surface area contributed by atoms with Gasteiger partial charge in [0, 0.05) is 24.8 Å². The molecule has 2 atom stereocenters. The molecule has 0 saturated carbocycles. The minimum atomic E-state index is 0.0892. The van der Waals surface area contributed by atoms with Gasteiger partial charge in [0.25, 0.3) is 0 Å². The number of pyridine rings is 1. The van der Waals surface area contributed by atoms with E-state index in [0.717, 1.165) is 31.5 Å². The number of carbonyl (C=O) groups is 2. The van der Waals surface area contributed by atoms with Crippen molar-refractivity contribution >= 4 is 18.0 Å². The van der Waals surface area contributed by atoms with Crippen LogP contribution in [0.5, 0.6) is 0 Å². The minimum Gasteiger partial charge on any atom is -0.354 e. The highest BCUT2D eigenvalue weighted by molar-refractivity contribution is 5.83. The number of anilines is 1. The van der Waals surface area contributed by atoms with Crippen molar-refractivity contribution in [3.05, 3.63) is 23.9 Å². The van der Waals surface area contributed by atoms with Gasteiger partial charge in [0.2, 0.25) is 5.91 Å². The highest BCUT2D eigenvalue weighted by Gasteiger charge is 2.41. The first kappa shape index (κ1) is 11.2. The first-order chi connectivity index (χ1) is 8.79. The Morgan fingerprint density at radius 3 is 3.06 bits per heavy atom. The molecule has 1 amide bonds. The summed E-state index contributed by atoms with van der Waals surface area (Å²) in [4.78, 5) is 28.8. The fraction of sp³-hybridized carbons (Fsp3) is 0.462. The molecule has 0 radical (unpaired) electrons. The normalized spacial score (nSPS) is 26.7. The smallest absolute Gasteiger partial charge is 0.225 e. The number of piperidine rings is 1. The van der Waals surface area contributed by atoms with Crippen LogP contribution in [0.2, 0.25) is 0 Å². The standard InChI is InChI=1S/C13H15N3O2/c17-8-9-3-4-12(14-6-9)16-5-1-2-10-11(16)7-15-13(10)18/h3-4,6,8,10-11H,1-2,5,7H2,(H,15,18). The quantitative estimate of drug-likeness (QED) is 0.775. The number of aromatic nitrogens is 1. The first-order valence-corrected chi connectivity index (χ1v) is 6.25. The summed E-state index contributed by atoms with van der Waals surface area (Å²) in [5, 5.41) is 2.92. The largest absolute Gasteiger partial charge is 0.354 e. The number of nitrogens with one attached hydrogen (secondary N) is 1. The van der Waals surface area contributed by atoms with E-state index in [1.807, 2.05) is 6.07 Å². The Bertz CT molecular complexity index is 472. The predicted octanol–water partition coefficient (Wildman–Crippen LogP) is 0.609. The van der Waals surface area contributed by atoms with E-state index < -0.39 is 0 Å². The molecular weight excluding hydrogens is 230 g/mol. The molecule has 1 aromatic heterocycles. The third kappa shape index (κ3) is 1.75. The zero-order valence-electron chi connectivity index (χ0n) is 10.0. The molecule has 0 aliphatic carbocycles. The Kier molecular flexibility index (Phi) is 2.74. The van der Waals surface area contributed by atoms with Crippen LogP contribution in [0.25, 0.3) is 0 Å². The molecule has 0 bridgehead atoms. The molecule has 1 N–H and O–H groups in total. The Morgan fingerprint density at radius 2 is 2.33 bits per heavy atom. The van der Waals surface area contributed by atoms with Crippen LogP contribution in [0.4, 0.5) is 5.82 Å². The van der Waals surface area contributed by atoms with E-state index in [2.05, 4.69) is 15.2 Å². The highest BCUT2D eigenvalue weighted by Crippen LogP contribution is 2.30. The summed E-state index contributed by atoms with van der Waals surface area (Å²) in [5.41, 5.74) is 0.577. The second-order valence-electron chi connectivity index (χ2n) is 4.82. The number of nitrogens with zero attached hydrogens (tertiary/aromatic N) is 2. The molecule has 5 nitrogen and oxygen atoms in total. The number of carbonyl (C=O) groups excluding carboxylic acids is 2. The second kappa shape index (κ2) is 4.40. The summed E-state index contributed by atoms with van der Waals surface area (Å²) < 4.78 is 0. The van der Waals surface area contributed by atoms with E-state index in [9.17, 15) is 9.59 Å². The molecule has 1 aromatic rings. The lowest BCUT2D eigenvalue weighted by Crippen LogP contribution is -2.46. The number of amides is 1. The van der Waals surface area contributed by atoms with Crippen LogP contribution in [0.15, 0.2) is 18.3 Å². The van der Waals surface area contributed by atoms with Crippen molar-refractivity contribution in [3.63, 3.8) is 0 Å². The zero-order valence-corrected chi connectivity index (χ0v) is 10.0. The maximum Gasteiger partial charge on any atom is 0.225 e. The molecule has 18 heavy (non-hydrogen) atoms. The molecule has 2 saturated heterocycles. The van der Waals surface area contributed by atoms with Gasteiger partial charge < -0.3 is 10.2 Å². The molecule has 0 aromatic carbocycles. The van der Waals surface area contributed by atoms with E-state index in [-0.39, 0.29) is 17.9 Å². The van der Waals surface area contributed by atoms with Gasteiger partial charge in [-0.25, -0.2) is 4.98 Å². The van der Waals surface area contributed by atoms with Gasteiger partial charge in [-0.3, -0.25) is 9.59 Å². The molecule has 2 fully saturated rings. The summed E-state index contributed by atoms with van der Waals surface area (Å²) in [7, 11) is 0. The molecular formula is C13H15N3O2. The highest BCUT2D eigenvalue weighted by atomic mass is 16.2. The van der Waals surface area contributed by atoms with Gasteiger partial charge >= 0.3 is 0 Å². The topological polar surface area (TPSA) is 62.3 Å². The van der Waals surface area contributed by atoms with Gasteiger partial charge in [-0.05, 0) is 25.0 Å². The van der Waals surface area contributed by atoms with Crippen molar-refractivity contribution in [1.29, 1.82) is 0 Å². The molecule has 5 heteroatoms.